The number of hydrogen-bond donors (Lipinski definition) is 3. The van der Waals surface area contributed by atoms with Crippen molar-refractivity contribution < 1.29 is 38.5 Å². The highest BCUT2D eigenvalue weighted by Crippen LogP contribution is 2.45. The molecule has 3 amide bonds. The maximum atomic E-state index is 14.4. The molecule has 2 aromatic heterocycles. The molecule has 0 radical (unpaired) electrons. The van der Waals surface area contributed by atoms with E-state index in [0.29, 0.717) is 41.1 Å². The average Bonchev–Trinajstić information content (AvgIpc) is 3.34. The minimum Gasteiger partial charge on any atom is -0.497 e. The number of carbonyl (C=O) groups excluding carboxylic acids is 3. The first kappa shape index (κ1) is 35.7. The first-order valence-corrected chi connectivity index (χ1v) is 17.5. The van der Waals surface area contributed by atoms with Gasteiger partial charge in [0.1, 0.15) is 40.8 Å². The third kappa shape index (κ3) is 7.94. The summed E-state index contributed by atoms with van der Waals surface area (Å²) < 4.78 is 19.2. The molecule has 1 saturated carbocycles. The molecule has 1 aliphatic carbocycles. The standard InChI is InChI=1S/C37H46N6O8/c1-22-15-16-43(41-22)31-19-30(26-14-13-24(49-5)17-28(26)38-31)50-25-18-29-32(44)40-37(34(46)47)20-23(37)11-9-7-6-8-10-12-27(33(45)42(29)21-25)39-35(48)51-36(2,3)4/h9,11,13-17,19,23,25,27,29H,6-8,10,12,18,20-21H2,1-5H3,(H,39,48)(H,40,44)(H,46,47)/b11-9-/t23?,25-,27?,29?,37?/m1/s1. The highest BCUT2D eigenvalue weighted by molar-refractivity contribution is 5.96. The van der Waals surface area contributed by atoms with Crippen LogP contribution in [0, 0.1) is 12.8 Å². The lowest BCUT2D eigenvalue weighted by molar-refractivity contribution is -0.145. The van der Waals surface area contributed by atoms with Crippen molar-refractivity contribution in [3.63, 3.8) is 0 Å². The quantitative estimate of drug-likeness (QED) is 0.311. The number of rotatable bonds is 6. The van der Waals surface area contributed by atoms with E-state index in [1.165, 1.54) is 4.90 Å². The van der Waals surface area contributed by atoms with Gasteiger partial charge in [0.25, 0.3) is 0 Å². The maximum absolute atomic E-state index is 14.4. The van der Waals surface area contributed by atoms with Crippen molar-refractivity contribution in [3.05, 3.63) is 54.4 Å². The summed E-state index contributed by atoms with van der Waals surface area (Å²) in [7, 11) is 1.57. The summed E-state index contributed by atoms with van der Waals surface area (Å²) in [5.41, 5.74) is -0.843. The van der Waals surface area contributed by atoms with E-state index in [-0.39, 0.29) is 25.3 Å². The second-order valence-corrected chi connectivity index (χ2v) is 14.6. The number of aromatic nitrogens is 3. The fourth-order valence-corrected chi connectivity index (χ4v) is 6.82. The maximum Gasteiger partial charge on any atom is 0.408 e. The fraction of sp³-hybridized carbons (Fsp3) is 0.514. The second kappa shape index (κ2) is 14.2. The van der Waals surface area contributed by atoms with Crippen LogP contribution >= 0.6 is 0 Å². The number of fused-ring (bicyclic) bond motifs is 3. The number of aliphatic carboxylic acids is 1. The lowest BCUT2D eigenvalue weighted by atomic mass is 10.0. The molecule has 272 valence electrons. The van der Waals surface area contributed by atoms with E-state index in [1.54, 1.807) is 57.0 Å². The summed E-state index contributed by atoms with van der Waals surface area (Å²) in [6.45, 7) is 7.11. The van der Waals surface area contributed by atoms with E-state index in [1.807, 2.05) is 31.2 Å². The van der Waals surface area contributed by atoms with Gasteiger partial charge in [0, 0.05) is 36.1 Å². The van der Waals surface area contributed by atoms with E-state index in [0.717, 1.165) is 25.0 Å². The zero-order valence-corrected chi connectivity index (χ0v) is 29.7. The molecule has 0 bridgehead atoms. The van der Waals surface area contributed by atoms with Crippen molar-refractivity contribution in [2.24, 2.45) is 5.92 Å². The van der Waals surface area contributed by atoms with Crippen molar-refractivity contribution in [3.8, 4) is 17.3 Å². The Morgan fingerprint density at radius 1 is 1.12 bits per heavy atom. The molecule has 1 aromatic carbocycles. The molecule has 5 atom stereocenters. The van der Waals surface area contributed by atoms with Crippen LogP contribution in [-0.2, 0) is 19.1 Å². The largest absolute Gasteiger partial charge is 0.497 e. The smallest absolute Gasteiger partial charge is 0.408 e. The topological polar surface area (TPSA) is 174 Å². The van der Waals surface area contributed by atoms with Gasteiger partial charge in [0.2, 0.25) is 11.8 Å². The predicted molar refractivity (Wildman–Crippen MR) is 187 cm³/mol. The second-order valence-electron chi connectivity index (χ2n) is 14.6. The Bertz CT molecular complexity index is 1850. The van der Waals surface area contributed by atoms with Gasteiger partial charge in [-0.25, -0.2) is 19.3 Å². The molecule has 3 aromatic rings. The van der Waals surface area contributed by atoms with Gasteiger partial charge in [0.15, 0.2) is 5.82 Å². The van der Waals surface area contributed by atoms with Crippen LogP contribution in [0.2, 0.25) is 0 Å². The highest BCUT2D eigenvalue weighted by atomic mass is 16.6. The predicted octanol–water partition coefficient (Wildman–Crippen LogP) is 4.46. The van der Waals surface area contributed by atoms with Crippen LogP contribution in [-0.4, -0.2) is 91.6 Å². The van der Waals surface area contributed by atoms with E-state index in [9.17, 15) is 24.3 Å². The number of methoxy groups -OCH3 is 1. The van der Waals surface area contributed by atoms with Crippen LogP contribution in [0.4, 0.5) is 4.79 Å². The summed E-state index contributed by atoms with van der Waals surface area (Å²) in [4.78, 5) is 60.1. The van der Waals surface area contributed by atoms with Crippen molar-refractivity contribution in [2.45, 2.75) is 102 Å². The SMILES string of the molecule is COc1ccc2c(O[C@@H]3CC4C(=O)NC5(C(=O)O)CC5/C=C\CCCCCC(NC(=O)OC(C)(C)C)C(=O)N4C3)cc(-n3ccc(C)n3)nc2c1. The normalized spacial score (nSPS) is 26.2. The summed E-state index contributed by atoms with van der Waals surface area (Å²) in [6.07, 6.45) is 7.91. The molecule has 2 aliphatic heterocycles. The van der Waals surface area contributed by atoms with Crippen LogP contribution in [0.3, 0.4) is 0 Å². The number of aryl methyl sites for hydroxylation is 1. The number of alkyl carbamates (subject to hydrolysis) is 1. The number of ether oxygens (including phenoxy) is 3. The lowest BCUT2D eigenvalue weighted by Gasteiger charge is -2.30. The van der Waals surface area contributed by atoms with Crippen LogP contribution in [0.25, 0.3) is 16.7 Å². The molecule has 2 fully saturated rings. The summed E-state index contributed by atoms with van der Waals surface area (Å²) in [5.74, 6) is -0.962. The number of carboxylic acid groups (broad SMARTS) is 1. The van der Waals surface area contributed by atoms with Crippen LogP contribution in [0.1, 0.15) is 71.4 Å². The fourth-order valence-electron chi connectivity index (χ4n) is 6.82. The molecule has 4 heterocycles. The Kier molecular flexibility index (Phi) is 9.96. The van der Waals surface area contributed by atoms with Gasteiger partial charge in [-0.3, -0.25) is 9.59 Å². The van der Waals surface area contributed by atoms with Crippen molar-refractivity contribution >= 4 is 34.8 Å². The molecular formula is C37H46N6O8. The van der Waals surface area contributed by atoms with Crippen molar-refractivity contribution in [2.75, 3.05) is 13.7 Å². The number of nitrogens with zero attached hydrogens (tertiary/aromatic N) is 4. The minimum atomic E-state index is -1.45. The molecule has 3 N–H and O–H groups in total. The van der Waals surface area contributed by atoms with Gasteiger partial charge in [-0.1, -0.05) is 25.0 Å². The molecule has 51 heavy (non-hydrogen) atoms. The number of pyridine rings is 1. The van der Waals surface area contributed by atoms with Gasteiger partial charge in [0.05, 0.1) is 24.9 Å². The van der Waals surface area contributed by atoms with Gasteiger partial charge in [-0.15, -0.1) is 0 Å². The number of amides is 3. The Morgan fingerprint density at radius 3 is 2.63 bits per heavy atom. The molecular weight excluding hydrogens is 656 g/mol. The van der Waals surface area contributed by atoms with Gasteiger partial charge in [-0.05, 0) is 71.6 Å². The van der Waals surface area contributed by atoms with Gasteiger partial charge < -0.3 is 34.9 Å². The van der Waals surface area contributed by atoms with E-state index in [4.69, 9.17) is 19.2 Å². The van der Waals surface area contributed by atoms with Crippen molar-refractivity contribution in [1.82, 2.24) is 30.3 Å². The van der Waals surface area contributed by atoms with Gasteiger partial charge >= 0.3 is 12.1 Å². The first-order chi connectivity index (χ1) is 24.3. The molecule has 14 heteroatoms. The van der Waals surface area contributed by atoms with Crippen LogP contribution in [0.5, 0.6) is 11.5 Å². The van der Waals surface area contributed by atoms with Crippen LogP contribution < -0.4 is 20.1 Å². The number of carboxylic acids is 1. The Morgan fingerprint density at radius 2 is 1.92 bits per heavy atom. The van der Waals surface area contributed by atoms with E-state index >= 15 is 0 Å². The zero-order valence-electron chi connectivity index (χ0n) is 29.7. The average molecular weight is 703 g/mol. The zero-order chi connectivity index (χ0) is 36.5. The Balaban J connectivity index is 1.34. The number of benzene rings is 1. The van der Waals surface area contributed by atoms with E-state index in [2.05, 4.69) is 15.7 Å². The number of allylic oxidation sites excluding steroid dienone is 1. The third-order valence-electron chi connectivity index (χ3n) is 9.53. The Hall–Kier alpha value is -5.14. The van der Waals surface area contributed by atoms with Crippen LogP contribution in [0.15, 0.2) is 48.7 Å². The number of carbonyl (C=O) groups is 4. The van der Waals surface area contributed by atoms with Crippen molar-refractivity contribution in [1.29, 1.82) is 0 Å². The summed E-state index contributed by atoms with van der Waals surface area (Å²) in [6, 6.07) is 7.00. The third-order valence-corrected chi connectivity index (χ3v) is 9.53. The molecule has 3 aliphatic rings. The number of nitrogens with one attached hydrogen (secondary N) is 2. The minimum absolute atomic E-state index is 0.0169. The highest BCUT2D eigenvalue weighted by Gasteiger charge is 2.61. The molecule has 0 spiro atoms. The molecule has 14 nitrogen and oxygen atoms in total. The monoisotopic (exact) mass is 702 g/mol. The lowest BCUT2D eigenvalue weighted by Crippen LogP contribution is -2.56. The molecule has 4 unspecified atom stereocenters. The molecule has 6 rings (SSSR count). The summed E-state index contributed by atoms with van der Waals surface area (Å²) >= 11 is 0. The van der Waals surface area contributed by atoms with Gasteiger partial charge in [-0.2, -0.15) is 5.10 Å². The number of hydrogen-bond acceptors (Lipinski definition) is 9. The summed E-state index contributed by atoms with van der Waals surface area (Å²) in [5, 5.41) is 20.9. The Labute approximate surface area is 296 Å². The first-order valence-electron chi connectivity index (χ1n) is 17.5. The molecule has 1 saturated heterocycles. The van der Waals surface area contributed by atoms with E-state index < -0.39 is 53.2 Å².